The Kier molecular flexibility index (Phi) is 7.57. The molecular formula is C58H36N2O2. The molecule has 0 unspecified atom stereocenters. The fraction of sp³-hybridized carbons (Fsp3) is 0. The second kappa shape index (κ2) is 13.6. The standard InChI is InChI=1S/C58H36N2O2/c1-2-15-41(16-3-1)60-50-22-8-6-19-46(50)49-36-40(30-34-51(49)60)39-14-10-17-43(35-39)59(52-23-12-26-55-57(52)48-33-29-37-13-4-5-18-45(37)58(48)62-55)42-31-27-38(28-32-42)44-21-11-25-54-56(44)47-20-7-9-24-53(47)61-54/h1-36H. The van der Waals surface area contributed by atoms with Crippen molar-refractivity contribution in [2.24, 2.45) is 0 Å². The van der Waals surface area contributed by atoms with Gasteiger partial charge in [-0.05, 0) is 113 Å². The Hall–Kier alpha value is -8.34. The average molecular weight is 793 g/mol. The first-order valence-electron chi connectivity index (χ1n) is 21.1. The summed E-state index contributed by atoms with van der Waals surface area (Å²) < 4.78 is 15.4. The maximum atomic E-state index is 6.74. The summed E-state index contributed by atoms with van der Waals surface area (Å²) in [5.74, 6) is 0. The molecular weight excluding hydrogens is 757 g/mol. The molecule has 13 rings (SSSR count). The van der Waals surface area contributed by atoms with Crippen LogP contribution in [0.4, 0.5) is 17.1 Å². The van der Waals surface area contributed by atoms with Gasteiger partial charge in [-0.1, -0.05) is 133 Å². The molecule has 0 fully saturated rings. The molecule has 0 N–H and O–H groups in total. The third-order valence-electron chi connectivity index (χ3n) is 12.6. The number of hydrogen-bond acceptors (Lipinski definition) is 3. The number of rotatable bonds is 6. The molecule has 0 saturated carbocycles. The third-order valence-corrected chi connectivity index (χ3v) is 12.6. The van der Waals surface area contributed by atoms with Crippen LogP contribution >= 0.6 is 0 Å². The lowest BCUT2D eigenvalue weighted by Crippen LogP contribution is -2.10. The number of benzene rings is 10. The van der Waals surface area contributed by atoms with E-state index in [-0.39, 0.29) is 0 Å². The summed E-state index contributed by atoms with van der Waals surface area (Å²) in [5, 5.41) is 9.14. The lowest BCUT2D eigenvalue weighted by Gasteiger charge is -2.27. The van der Waals surface area contributed by atoms with Crippen LogP contribution in [0.3, 0.4) is 0 Å². The Labute approximate surface area is 356 Å². The molecule has 4 heteroatoms. The molecule has 4 nitrogen and oxygen atoms in total. The minimum atomic E-state index is 0.852. The topological polar surface area (TPSA) is 34.5 Å². The Morgan fingerprint density at radius 1 is 0.355 bits per heavy atom. The van der Waals surface area contributed by atoms with Crippen molar-refractivity contribution in [3.63, 3.8) is 0 Å². The van der Waals surface area contributed by atoms with Crippen LogP contribution in [-0.4, -0.2) is 4.57 Å². The summed E-state index contributed by atoms with van der Waals surface area (Å²) in [4.78, 5) is 2.38. The molecule has 0 spiro atoms. The predicted molar refractivity (Wildman–Crippen MR) is 258 cm³/mol. The molecule has 0 bridgehead atoms. The zero-order valence-corrected chi connectivity index (χ0v) is 33.5. The van der Waals surface area contributed by atoms with Crippen molar-refractivity contribution in [3.8, 4) is 27.9 Å². The molecule has 13 aromatic rings. The lowest BCUT2D eigenvalue weighted by atomic mass is 9.98. The second-order valence-corrected chi connectivity index (χ2v) is 16.0. The Balaban J connectivity index is 0.999. The number of para-hydroxylation sites is 3. The van der Waals surface area contributed by atoms with Gasteiger partial charge < -0.3 is 18.3 Å². The monoisotopic (exact) mass is 792 g/mol. The van der Waals surface area contributed by atoms with Crippen LogP contribution in [0.25, 0.3) is 104 Å². The lowest BCUT2D eigenvalue weighted by molar-refractivity contribution is 0.669. The van der Waals surface area contributed by atoms with Gasteiger partial charge in [-0.3, -0.25) is 0 Å². The molecule has 62 heavy (non-hydrogen) atoms. The third kappa shape index (κ3) is 5.27. The summed E-state index contributed by atoms with van der Waals surface area (Å²) in [6.07, 6.45) is 0. The second-order valence-electron chi connectivity index (χ2n) is 16.0. The zero-order chi connectivity index (χ0) is 40.7. The molecule has 0 saturated heterocycles. The molecule has 3 aromatic heterocycles. The minimum Gasteiger partial charge on any atom is -0.456 e. The van der Waals surface area contributed by atoms with Crippen LogP contribution in [0.1, 0.15) is 0 Å². The van der Waals surface area contributed by atoms with Gasteiger partial charge in [0.25, 0.3) is 0 Å². The van der Waals surface area contributed by atoms with E-state index in [0.29, 0.717) is 0 Å². The number of fused-ring (bicyclic) bond motifs is 11. The number of hydrogen-bond donors (Lipinski definition) is 0. The van der Waals surface area contributed by atoms with Gasteiger partial charge in [0.15, 0.2) is 0 Å². The van der Waals surface area contributed by atoms with Gasteiger partial charge in [0.1, 0.15) is 22.3 Å². The predicted octanol–water partition coefficient (Wildman–Crippen LogP) is 16.5. The van der Waals surface area contributed by atoms with Gasteiger partial charge in [0, 0.05) is 49.4 Å². The van der Waals surface area contributed by atoms with E-state index in [0.717, 1.165) is 99.7 Å². The van der Waals surface area contributed by atoms with Crippen molar-refractivity contribution in [2.45, 2.75) is 0 Å². The van der Waals surface area contributed by atoms with Crippen molar-refractivity contribution < 1.29 is 8.83 Å². The fourth-order valence-corrected chi connectivity index (χ4v) is 9.79. The van der Waals surface area contributed by atoms with Crippen LogP contribution in [0.5, 0.6) is 0 Å². The Bertz CT molecular complexity index is 3870. The number of anilines is 3. The van der Waals surface area contributed by atoms with E-state index < -0.39 is 0 Å². The molecule has 10 aromatic carbocycles. The first-order valence-corrected chi connectivity index (χ1v) is 21.1. The quantitative estimate of drug-likeness (QED) is 0.168. The minimum absolute atomic E-state index is 0.852. The summed E-state index contributed by atoms with van der Waals surface area (Å²) in [5.41, 5.74) is 14.8. The van der Waals surface area contributed by atoms with Crippen LogP contribution in [-0.2, 0) is 0 Å². The van der Waals surface area contributed by atoms with Crippen LogP contribution in [0, 0.1) is 0 Å². The number of nitrogens with zero attached hydrogens (tertiary/aromatic N) is 2. The van der Waals surface area contributed by atoms with Crippen LogP contribution < -0.4 is 4.90 Å². The largest absolute Gasteiger partial charge is 0.456 e. The van der Waals surface area contributed by atoms with E-state index in [1.165, 1.54) is 21.8 Å². The molecule has 290 valence electrons. The van der Waals surface area contributed by atoms with E-state index >= 15 is 0 Å². The first-order chi connectivity index (χ1) is 30.7. The van der Waals surface area contributed by atoms with Crippen molar-refractivity contribution in [3.05, 3.63) is 218 Å². The summed E-state index contributed by atoms with van der Waals surface area (Å²) in [6.45, 7) is 0. The Morgan fingerprint density at radius 2 is 1.03 bits per heavy atom. The highest BCUT2D eigenvalue weighted by atomic mass is 16.3. The van der Waals surface area contributed by atoms with Crippen molar-refractivity contribution >= 4 is 93.5 Å². The highest BCUT2D eigenvalue weighted by Gasteiger charge is 2.22. The van der Waals surface area contributed by atoms with Gasteiger partial charge >= 0.3 is 0 Å². The number of aromatic nitrogens is 1. The molecule has 0 radical (unpaired) electrons. The molecule has 0 aliphatic carbocycles. The summed E-state index contributed by atoms with van der Waals surface area (Å²) >= 11 is 0. The normalized spacial score (nSPS) is 11.9. The maximum absolute atomic E-state index is 6.74. The van der Waals surface area contributed by atoms with Crippen molar-refractivity contribution in [2.75, 3.05) is 4.90 Å². The highest BCUT2D eigenvalue weighted by molar-refractivity contribution is 6.20. The van der Waals surface area contributed by atoms with Gasteiger partial charge in [-0.25, -0.2) is 0 Å². The highest BCUT2D eigenvalue weighted by Crippen LogP contribution is 2.46. The summed E-state index contributed by atoms with van der Waals surface area (Å²) in [6, 6.07) is 78.0. The number of furan rings is 2. The van der Waals surface area contributed by atoms with Crippen molar-refractivity contribution in [1.29, 1.82) is 0 Å². The maximum Gasteiger partial charge on any atom is 0.143 e. The van der Waals surface area contributed by atoms with E-state index in [2.05, 4.69) is 216 Å². The molecule has 0 aliphatic rings. The Morgan fingerprint density at radius 3 is 1.92 bits per heavy atom. The van der Waals surface area contributed by atoms with E-state index in [1.54, 1.807) is 0 Å². The van der Waals surface area contributed by atoms with Crippen LogP contribution in [0.2, 0.25) is 0 Å². The average Bonchev–Trinajstić information content (AvgIpc) is 4.02. The zero-order valence-electron chi connectivity index (χ0n) is 33.5. The van der Waals surface area contributed by atoms with Gasteiger partial charge in [0.05, 0.1) is 22.1 Å². The van der Waals surface area contributed by atoms with Crippen molar-refractivity contribution in [1.82, 2.24) is 4.57 Å². The molecule has 0 amide bonds. The van der Waals surface area contributed by atoms with E-state index in [1.807, 2.05) is 12.1 Å². The molecule has 0 atom stereocenters. The van der Waals surface area contributed by atoms with Gasteiger partial charge in [-0.2, -0.15) is 0 Å². The van der Waals surface area contributed by atoms with E-state index in [4.69, 9.17) is 8.83 Å². The smallest absolute Gasteiger partial charge is 0.143 e. The SMILES string of the molecule is c1ccc(-n2c3ccccc3c3cc(-c4cccc(N(c5ccc(-c6cccc7oc8ccccc8c67)cc5)c5cccc6oc7c8ccccc8ccc7c56)c4)ccc32)cc1. The first kappa shape index (κ1) is 34.5. The van der Waals surface area contributed by atoms with E-state index in [9.17, 15) is 0 Å². The summed E-state index contributed by atoms with van der Waals surface area (Å²) in [7, 11) is 0. The van der Waals surface area contributed by atoms with Gasteiger partial charge in [-0.15, -0.1) is 0 Å². The molecule has 0 aliphatic heterocycles. The fourth-order valence-electron chi connectivity index (χ4n) is 9.79. The van der Waals surface area contributed by atoms with Crippen LogP contribution in [0.15, 0.2) is 227 Å². The molecule has 3 heterocycles. The van der Waals surface area contributed by atoms with Gasteiger partial charge in [0.2, 0.25) is 0 Å².